The van der Waals surface area contributed by atoms with E-state index >= 15 is 0 Å². The zero-order chi connectivity index (χ0) is 29.4. The molecular weight excluding hydrogens is 530 g/mol. The number of phenols is 1. The van der Waals surface area contributed by atoms with Crippen LogP contribution in [0.25, 0.3) is 0 Å². The third kappa shape index (κ3) is 7.99. The van der Waals surface area contributed by atoms with E-state index in [9.17, 15) is 19.5 Å². The fourth-order valence-electron chi connectivity index (χ4n) is 4.32. The van der Waals surface area contributed by atoms with Crippen LogP contribution in [0.2, 0.25) is 5.02 Å². The number of nitrogens with zero attached hydrogens (tertiary/aromatic N) is 1. The molecule has 0 aromatic heterocycles. The van der Waals surface area contributed by atoms with Crippen LogP contribution in [0.5, 0.6) is 5.75 Å². The standard InChI is InChI=1S/C31H36ClN3O5/c1-6-35(29(38)24(19-21-14-8-7-9-15-21)33-30(39)40-31(3,4)5)27(22-16-10-11-18-25(22)36)28(37)34-26-20(2)13-12-17-23(26)32/h7-18,24,27,36H,6,19H2,1-5H3,(H,33,39)(H,34,37). The van der Waals surface area contributed by atoms with Gasteiger partial charge in [0.2, 0.25) is 5.91 Å². The van der Waals surface area contributed by atoms with Gasteiger partial charge in [0.25, 0.3) is 5.91 Å². The van der Waals surface area contributed by atoms with Gasteiger partial charge in [-0.25, -0.2) is 4.79 Å². The fourth-order valence-corrected chi connectivity index (χ4v) is 4.59. The molecule has 0 bridgehead atoms. The summed E-state index contributed by atoms with van der Waals surface area (Å²) in [5.74, 6) is -1.23. The summed E-state index contributed by atoms with van der Waals surface area (Å²) >= 11 is 6.38. The van der Waals surface area contributed by atoms with Crippen LogP contribution in [0.1, 0.15) is 50.4 Å². The lowest BCUT2D eigenvalue weighted by Crippen LogP contribution is -2.53. The highest BCUT2D eigenvalue weighted by Crippen LogP contribution is 2.33. The molecule has 0 radical (unpaired) electrons. The average Bonchev–Trinajstić information content (AvgIpc) is 2.88. The second-order valence-corrected chi connectivity index (χ2v) is 10.8. The zero-order valence-electron chi connectivity index (χ0n) is 23.4. The maximum absolute atomic E-state index is 14.2. The summed E-state index contributed by atoms with van der Waals surface area (Å²) in [5.41, 5.74) is 1.41. The smallest absolute Gasteiger partial charge is 0.408 e. The van der Waals surface area contributed by atoms with Crippen LogP contribution < -0.4 is 10.6 Å². The van der Waals surface area contributed by atoms with Crippen LogP contribution in [0.3, 0.4) is 0 Å². The molecule has 3 aromatic carbocycles. The van der Waals surface area contributed by atoms with Crippen molar-refractivity contribution in [1.82, 2.24) is 10.2 Å². The Balaban J connectivity index is 2.03. The number of rotatable bonds is 9. The molecule has 2 atom stereocenters. The van der Waals surface area contributed by atoms with Crippen molar-refractivity contribution in [3.8, 4) is 5.75 Å². The number of benzene rings is 3. The lowest BCUT2D eigenvalue weighted by Gasteiger charge is -2.34. The van der Waals surface area contributed by atoms with Gasteiger partial charge < -0.3 is 25.4 Å². The van der Waals surface area contributed by atoms with Gasteiger partial charge in [0.15, 0.2) is 0 Å². The van der Waals surface area contributed by atoms with Gasteiger partial charge in [0, 0.05) is 18.5 Å². The highest BCUT2D eigenvalue weighted by atomic mass is 35.5. The summed E-state index contributed by atoms with van der Waals surface area (Å²) in [4.78, 5) is 42.2. The molecule has 3 amide bonds. The molecule has 2 unspecified atom stereocenters. The van der Waals surface area contributed by atoms with Crippen molar-refractivity contribution in [2.45, 2.75) is 58.7 Å². The quantitative estimate of drug-likeness (QED) is 0.294. The van der Waals surface area contributed by atoms with Crippen LogP contribution in [-0.4, -0.2) is 46.1 Å². The van der Waals surface area contributed by atoms with Crippen LogP contribution in [0.15, 0.2) is 72.8 Å². The number of hydrogen-bond donors (Lipinski definition) is 3. The molecule has 3 aromatic rings. The number of phenolic OH excluding ortho intramolecular Hbond substituents is 1. The lowest BCUT2D eigenvalue weighted by atomic mass is 9.99. The third-order valence-electron chi connectivity index (χ3n) is 6.16. The number of hydrogen-bond acceptors (Lipinski definition) is 5. The molecule has 0 aliphatic carbocycles. The van der Waals surface area contributed by atoms with Gasteiger partial charge in [-0.15, -0.1) is 0 Å². The molecule has 0 heterocycles. The van der Waals surface area contributed by atoms with Crippen LogP contribution in [0.4, 0.5) is 10.5 Å². The molecule has 0 saturated heterocycles. The number of likely N-dealkylation sites (N-methyl/N-ethyl adjacent to an activating group) is 1. The molecule has 9 heteroatoms. The van der Waals surface area contributed by atoms with Gasteiger partial charge in [0.05, 0.1) is 10.7 Å². The topological polar surface area (TPSA) is 108 Å². The molecule has 0 aliphatic heterocycles. The van der Waals surface area contributed by atoms with E-state index in [1.54, 1.807) is 71.0 Å². The number of para-hydroxylation sites is 2. The predicted molar refractivity (Wildman–Crippen MR) is 156 cm³/mol. The van der Waals surface area contributed by atoms with Crippen molar-refractivity contribution in [2.24, 2.45) is 0 Å². The summed E-state index contributed by atoms with van der Waals surface area (Å²) in [6.07, 6.45) is -0.596. The third-order valence-corrected chi connectivity index (χ3v) is 6.47. The van der Waals surface area contributed by atoms with Gasteiger partial charge in [-0.2, -0.15) is 0 Å². The number of carbonyl (C=O) groups is 3. The molecule has 0 aliphatic rings. The highest BCUT2D eigenvalue weighted by molar-refractivity contribution is 6.34. The van der Waals surface area contributed by atoms with Gasteiger partial charge in [-0.05, 0) is 57.9 Å². The van der Waals surface area contributed by atoms with Crippen molar-refractivity contribution in [1.29, 1.82) is 0 Å². The van der Waals surface area contributed by atoms with Crippen molar-refractivity contribution in [2.75, 3.05) is 11.9 Å². The van der Waals surface area contributed by atoms with E-state index in [2.05, 4.69) is 10.6 Å². The van der Waals surface area contributed by atoms with Gasteiger partial charge in [-0.3, -0.25) is 9.59 Å². The Hall–Kier alpha value is -4.04. The van der Waals surface area contributed by atoms with E-state index < -0.39 is 35.6 Å². The Morgan fingerprint density at radius 1 is 0.975 bits per heavy atom. The van der Waals surface area contributed by atoms with Gasteiger partial charge in [0.1, 0.15) is 23.4 Å². The number of alkyl carbamates (subject to hydrolysis) is 1. The number of anilines is 1. The van der Waals surface area contributed by atoms with E-state index in [1.165, 1.54) is 11.0 Å². The van der Waals surface area contributed by atoms with Crippen molar-refractivity contribution in [3.63, 3.8) is 0 Å². The monoisotopic (exact) mass is 565 g/mol. The van der Waals surface area contributed by atoms with Crippen molar-refractivity contribution in [3.05, 3.63) is 94.5 Å². The minimum absolute atomic E-state index is 0.105. The van der Waals surface area contributed by atoms with Crippen LogP contribution in [0, 0.1) is 6.92 Å². The Morgan fingerprint density at radius 2 is 1.62 bits per heavy atom. The number of nitrogens with one attached hydrogen (secondary N) is 2. The molecule has 8 nitrogen and oxygen atoms in total. The van der Waals surface area contributed by atoms with E-state index in [1.807, 2.05) is 30.3 Å². The molecule has 3 rings (SSSR count). The van der Waals surface area contributed by atoms with Crippen molar-refractivity contribution < 1.29 is 24.2 Å². The normalized spacial score (nSPS) is 12.7. The highest BCUT2D eigenvalue weighted by Gasteiger charge is 2.37. The first kappa shape index (κ1) is 30.5. The number of aromatic hydroxyl groups is 1. The Bertz CT molecular complexity index is 1320. The number of carbonyl (C=O) groups excluding carboxylic acids is 3. The van der Waals surface area contributed by atoms with Crippen molar-refractivity contribution >= 4 is 35.2 Å². The number of amides is 3. The predicted octanol–water partition coefficient (Wildman–Crippen LogP) is 6.02. The summed E-state index contributed by atoms with van der Waals surface area (Å²) in [7, 11) is 0. The Labute approximate surface area is 240 Å². The minimum atomic E-state index is -1.23. The van der Waals surface area contributed by atoms with Gasteiger partial charge in [-0.1, -0.05) is 72.3 Å². The molecule has 0 saturated carbocycles. The largest absolute Gasteiger partial charge is 0.508 e. The Kier molecular flexibility index (Phi) is 10.2. The first-order chi connectivity index (χ1) is 18.9. The minimum Gasteiger partial charge on any atom is -0.508 e. The average molecular weight is 566 g/mol. The molecule has 3 N–H and O–H groups in total. The second-order valence-electron chi connectivity index (χ2n) is 10.4. The van der Waals surface area contributed by atoms with E-state index in [0.717, 1.165) is 11.1 Å². The molecule has 0 spiro atoms. The van der Waals surface area contributed by atoms with E-state index in [4.69, 9.17) is 16.3 Å². The maximum Gasteiger partial charge on any atom is 0.408 e. The van der Waals surface area contributed by atoms with Crippen LogP contribution >= 0.6 is 11.6 Å². The first-order valence-corrected chi connectivity index (χ1v) is 13.5. The number of ether oxygens (including phenoxy) is 1. The Morgan fingerprint density at radius 3 is 2.23 bits per heavy atom. The van der Waals surface area contributed by atoms with E-state index in [-0.39, 0.29) is 24.3 Å². The summed E-state index contributed by atoms with van der Waals surface area (Å²) < 4.78 is 5.43. The molecule has 40 heavy (non-hydrogen) atoms. The SMILES string of the molecule is CCN(C(=O)C(Cc1ccccc1)NC(=O)OC(C)(C)C)C(C(=O)Nc1c(C)cccc1Cl)c1ccccc1O. The maximum atomic E-state index is 14.2. The first-order valence-electron chi connectivity index (χ1n) is 13.1. The molecule has 212 valence electrons. The second kappa shape index (κ2) is 13.3. The fraction of sp³-hybridized carbons (Fsp3) is 0.323. The van der Waals surface area contributed by atoms with Gasteiger partial charge >= 0.3 is 6.09 Å². The number of aryl methyl sites for hydroxylation is 1. The van der Waals surface area contributed by atoms with Crippen LogP contribution in [-0.2, 0) is 20.7 Å². The van der Waals surface area contributed by atoms with E-state index in [0.29, 0.717) is 10.7 Å². The molecular formula is C31H36ClN3O5. The molecule has 0 fully saturated rings. The zero-order valence-corrected chi connectivity index (χ0v) is 24.2. The summed E-state index contributed by atoms with van der Waals surface area (Å²) in [6.45, 7) is 8.83. The summed E-state index contributed by atoms with van der Waals surface area (Å²) in [5, 5.41) is 16.6. The summed E-state index contributed by atoms with van der Waals surface area (Å²) in [6, 6.07) is 18.5. The lowest BCUT2D eigenvalue weighted by molar-refractivity contribution is -0.140. The number of halogens is 1.